The highest BCUT2D eigenvalue weighted by molar-refractivity contribution is 6.09. The van der Waals surface area contributed by atoms with E-state index in [4.69, 9.17) is 9.47 Å². The molecular weight excluding hydrogens is 404 g/mol. The second-order valence-corrected chi connectivity index (χ2v) is 6.77. The number of rotatable bonds is 8. The van der Waals surface area contributed by atoms with Crippen LogP contribution in [0.3, 0.4) is 0 Å². The van der Waals surface area contributed by atoms with E-state index in [2.05, 4.69) is 5.32 Å². The monoisotopic (exact) mass is 426 g/mol. The van der Waals surface area contributed by atoms with Crippen molar-refractivity contribution in [2.24, 2.45) is 0 Å². The summed E-state index contributed by atoms with van der Waals surface area (Å²) in [7, 11) is 0. The Morgan fingerprint density at radius 1 is 0.969 bits per heavy atom. The first-order valence-electron chi connectivity index (χ1n) is 10.1. The number of benzene rings is 3. The summed E-state index contributed by atoms with van der Waals surface area (Å²) in [5, 5.41) is 12.1. The highest BCUT2D eigenvalue weighted by Crippen LogP contribution is 2.17. The van der Waals surface area contributed by atoms with Crippen LogP contribution in [0.4, 0.5) is 5.69 Å². The Labute approximate surface area is 186 Å². The molecule has 0 radical (unpaired) electrons. The number of nitriles is 1. The predicted octanol–water partition coefficient (Wildman–Crippen LogP) is 4.99. The SMILES string of the molecule is CCOC(=O)c1ccc(NC(=O)/C(C#N)=C/c2ccc(OCc3ccccc3)cc2)cc1. The Kier molecular flexibility index (Phi) is 7.77. The maximum absolute atomic E-state index is 12.5. The number of nitrogens with zero attached hydrogens (tertiary/aromatic N) is 1. The maximum atomic E-state index is 12.5. The largest absolute Gasteiger partial charge is 0.489 e. The number of anilines is 1. The summed E-state index contributed by atoms with van der Waals surface area (Å²) < 4.78 is 10.7. The van der Waals surface area contributed by atoms with Crippen LogP contribution in [0.25, 0.3) is 6.08 Å². The lowest BCUT2D eigenvalue weighted by molar-refractivity contribution is -0.112. The minimum absolute atomic E-state index is 0.0441. The lowest BCUT2D eigenvalue weighted by Gasteiger charge is -2.07. The molecular formula is C26H22N2O4. The third-order valence-electron chi connectivity index (χ3n) is 4.46. The fraction of sp³-hybridized carbons (Fsp3) is 0.115. The Bertz CT molecular complexity index is 1130. The van der Waals surface area contributed by atoms with Gasteiger partial charge in [-0.15, -0.1) is 0 Å². The minimum atomic E-state index is -0.541. The van der Waals surface area contributed by atoms with Crippen LogP contribution in [0.1, 0.15) is 28.4 Å². The molecule has 6 heteroatoms. The summed E-state index contributed by atoms with van der Waals surface area (Å²) in [5.41, 5.74) is 2.57. The van der Waals surface area contributed by atoms with Crippen LogP contribution in [0.15, 0.2) is 84.4 Å². The number of carbonyl (C=O) groups excluding carboxylic acids is 2. The molecule has 0 aliphatic carbocycles. The van der Waals surface area contributed by atoms with Gasteiger partial charge in [-0.05, 0) is 60.5 Å². The van der Waals surface area contributed by atoms with Crippen LogP contribution < -0.4 is 10.1 Å². The number of esters is 1. The molecule has 0 bridgehead atoms. The Morgan fingerprint density at radius 2 is 1.66 bits per heavy atom. The van der Waals surface area contributed by atoms with Gasteiger partial charge in [0.25, 0.3) is 5.91 Å². The van der Waals surface area contributed by atoms with Crippen molar-refractivity contribution in [3.05, 3.63) is 101 Å². The second-order valence-electron chi connectivity index (χ2n) is 6.77. The number of carbonyl (C=O) groups is 2. The van der Waals surface area contributed by atoms with Crippen molar-refractivity contribution in [3.63, 3.8) is 0 Å². The molecule has 0 saturated heterocycles. The zero-order valence-electron chi connectivity index (χ0n) is 17.6. The predicted molar refractivity (Wildman–Crippen MR) is 122 cm³/mol. The number of ether oxygens (including phenoxy) is 2. The zero-order valence-corrected chi connectivity index (χ0v) is 17.6. The van der Waals surface area contributed by atoms with Gasteiger partial charge in [-0.25, -0.2) is 4.79 Å². The van der Waals surface area contributed by atoms with Gasteiger partial charge >= 0.3 is 5.97 Å². The van der Waals surface area contributed by atoms with E-state index in [9.17, 15) is 14.9 Å². The fourth-order valence-corrected chi connectivity index (χ4v) is 2.82. The standard InChI is InChI=1S/C26H22N2O4/c1-2-31-26(30)21-10-12-23(13-11-21)28-25(29)22(17-27)16-19-8-14-24(15-9-19)32-18-20-6-4-3-5-7-20/h3-16H,2,18H2,1H3,(H,28,29)/b22-16+. The van der Waals surface area contributed by atoms with Crippen LogP contribution >= 0.6 is 0 Å². The molecule has 160 valence electrons. The van der Waals surface area contributed by atoms with Crippen molar-refractivity contribution in [1.29, 1.82) is 5.26 Å². The van der Waals surface area contributed by atoms with Gasteiger partial charge in [0.1, 0.15) is 24.0 Å². The summed E-state index contributed by atoms with van der Waals surface area (Å²) in [6.45, 7) is 2.47. The van der Waals surface area contributed by atoms with Gasteiger partial charge in [0, 0.05) is 5.69 Å². The molecule has 0 fully saturated rings. The second kappa shape index (κ2) is 11.1. The number of hydrogen-bond acceptors (Lipinski definition) is 5. The van der Waals surface area contributed by atoms with Crippen LogP contribution in [-0.4, -0.2) is 18.5 Å². The van der Waals surface area contributed by atoms with Crippen molar-refractivity contribution >= 4 is 23.6 Å². The van der Waals surface area contributed by atoms with Gasteiger partial charge in [-0.3, -0.25) is 4.79 Å². The van der Waals surface area contributed by atoms with Gasteiger partial charge in [0.15, 0.2) is 0 Å². The molecule has 6 nitrogen and oxygen atoms in total. The van der Waals surface area contributed by atoms with Crippen LogP contribution in [-0.2, 0) is 16.1 Å². The summed E-state index contributed by atoms with van der Waals surface area (Å²) in [4.78, 5) is 24.2. The first-order chi connectivity index (χ1) is 15.6. The molecule has 3 aromatic carbocycles. The number of hydrogen-bond donors (Lipinski definition) is 1. The van der Waals surface area contributed by atoms with Crippen molar-refractivity contribution in [2.75, 3.05) is 11.9 Å². The molecule has 0 heterocycles. The third kappa shape index (κ3) is 6.31. The average molecular weight is 426 g/mol. The van der Waals surface area contributed by atoms with Crippen molar-refractivity contribution < 1.29 is 19.1 Å². The molecule has 0 saturated carbocycles. The molecule has 1 amide bonds. The molecule has 0 aliphatic heterocycles. The van der Waals surface area contributed by atoms with E-state index in [0.29, 0.717) is 29.2 Å². The van der Waals surface area contributed by atoms with Crippen molar-refractivity contribution in [3.8, 4) is 11.8 Å². The third-order valence-corrected chi connectivity index (χ3v) is 4.46. The summed E-state index contributed by atoms with van der Waals surface area (Å²) >= 11 is 0. The fourth-order valence-electron chi connectivity index (χ4n) is 2.82. The molecule has 0 spiro atoms. The van der Waals surface area contributed by atoms with E-state index in [1.165, 1.54) is 6.08 Å². The highest BCUT2D eigenvalue weighted by Gasteiger charge is 2.11. The maximum Gasteiger partial charge on any atom is 0.338 e. The molecule has 3 rings (SSSR count). The van der Waals surface area contributed by atoms with Gasteiger partial charge in [0.2, 0.25) is 0 Å². The molecule has 0 atom stereocenters. The van der Waals surface area contributed by atoms with Gasteiger partial charge in [0.05, 0.1) is 12.2 Å². The number of amides is 1. The lowest BCUT2D eigenvalue weighted by atomic mass is 10.1. The quantitative estimate of drug-likeness (QED) is 0.311. The van der Waals surface area contributed by atoms with Gasteiger partial charge < -0.3 is 14.8 Å². The normalized spacial score (nSPS) is 10.7. The molecule has 0 unspecified atom stereocenters. The lowest BCUT2D eigenvalue weighted by Crippen LogP contribution is -2.13. The average Bonchev–Trinajstić information content (AvgIpc) is 2.83. The van der Waals surface area contributed by atoms with E-state index in [1.54, 1.807) is 55.5 Å². The zero-order chi connectivity index (χ0) is 22.8. The van der Waals surface area contributed by atoms with Gasteiger partial charge in [-0.2, -0.15) is 5.26 Å². The molecule has 32 heavy (non-hydrogen) atoms. The molecule has 0 aliphatic rings. The summed E-state index contributed by atoms with van der Waals surface area (Å²) in [5.74, 6) is -0.282. The van der Waals surface area contributed by atoms with Crippen LogP contribution in [0, 0.1) is 11.3 Å². The summed E-state index contributed by atoms with van der Waals surface area (Å²) in [6.07, 6.45) is 1.50. The first kappa shape index (κ1) is 22.3. The Hall–Kier alpha value is -4.37. The molecule has 0 aromatic heterocycles. The Balaban J connectivity index is 1.61. The smallest absolute Gasteiger partial charge is 0.338 e. The van der Waals surface area contributed by atoms with Crippen molar-refractivity contribution in [1.82, 2.24) is 0 Å². The van der Waals surface area contributed by atoms with E-state index in [-0.39, 0.29) is 12.2 Å². The van der Waals surface area contributed by atoms with Gasteiger partial charge in [-0.1, -0.05) is 42.5 Å². The topological polar surface area (TPSA) is 88.4 Å². The van der Waals surface area contributed by atoms with E-state index >= 15 is 0 Å². The number of nitrogens with one attached hydrogen (secondary N) is 1. The first-order valence-corrected chi connectivity index (χ1v) is 10.1. The minimum Gasteiger partial charge on any atom is -0.489 e. The van der Waals surface area contributed by atoms with Crippen LogP contribution in [0.2, 0.25) is 0 Å². The van der Waals surface area contributed by atoms with Crippen molar-refractivity contribution in [2.45, 2.75) is 13.5 Å². The summed E-state index contributed by atoms with van der Waals surface area (Å²) in [6, 6.07) is 25.1. The molecule has 3 aromatic rings. The van der Waals surface area contributed by atoms with E-state index < -0.39 is 11.9 Å². The van der Waals surface area contributed by atoms with Crippen LogP contribution in [0.5, 0.6) is 5.75 Å². The highest BCUT2D eigenvalue weighted by atomic mass is 16.5. The van der Waals surface area contributed by atoms with E-state index in [1.807, 2.05) is 36.4 Å². The molecule has 1 N–H and O–H groups in total. The Morgan fingerprint density at radius 3 is 2.28 bits per heavy atom. The van der Waals surface area contributed by atoms with E-state index in [0.717, 1.165) is 5.56 Å².